The molecular weight excluding hydrogens is 508 g/mol. The van der Waals surface area contributed by atoms with Gasteiger partial charge in [0, 0.05) is 23.6 Å². The molecule has 1 fully saturated rings. The Kier molecular flexibility index (Phi) is 7.44. The molecule has 5 rings (SSSR count). The second kappa shape index (κ2) is 11.1. The third-order valence-electron chi connectivity index (χ3n) is 6.72. The van der Waals surface area contributed by atoms with Crippen molar-refractivity contribution in [2.75, 3.05) is 6.54 Å². The lowest BCUT2D eigenvalue weighted by Crippen LogP contribution is -2.47. The summed E-state index contributed by atoms with van der Waals surface area (Å²) < 4.78 is 34.7. The highest BCUT2D eigenvalue weighted by molar-refractivity contribution is 5.89. The lowest BCUT2D eigenvalue weighted by atomic mass is 9.97. The van der Waals surface area contributed by atoms with E-state index in [1.807, 2.05) is 19.9 Å². The molecule has 12 heteroatoms. The minimum atomic E-state index is -1.36. The summed E-state index contributed by atoms with van der Waals surface area (Å²) in [7, 11) is 0. The summed E-state index contributed by atoms with van der Waals surface area (Å²) in [6.07, 6.45) is 1.26. The number of hydrogen-bond donors (Lipinski definition) is 2. The van der Waals surface area contributed by atoms with Crippen molar-refractivity contribution in [3.05, 3.63) is 83.3 Å². The van der Waals surface area contributed by atoms with E-state index in [1.54, 1.807) is 36.4 Å². The van der Waals surface area contributed by atoms with Crippen molar-refractivity contribution in [1.29, 1.82) is 0 Å². The van der Waals surface area contributed by atoms with Crippen molar-refractivity contribution < 1.29 is 22.9 Å². The van der Waals surface area contributed by atoms with E-state index in [9.17, 15) is 18.4 Å². The van der Waals surface area contributed by atoms with Gasteiger partial charge in [0.2, 0.25) is 17.8 Å². The highest BCUT2D eigenvalue weighted by Gasteiger charge is 2.40. The number of hydrogen-bond acceptors (Lipinski definition) is 7. The fraction of sp³-hybridized carbons (Fsp3) is 0.333. The maximum Gasteiger partial charge on any atom is 0.243 e. The Bertz CT molecular complexity index is 1440. The number of carbonyl (C=O) groups is 2. The summed E-state index contributed by atoms with van der Waals surface area (Å²) in [5.41, 5.74) is 2.37. The van der Waals surface area contributed by atoms with Gasteiger partial charge < -0.3 is 14.7 Å². The van der Waals surface area contributed by atoms with Crippen molar-refractivity contribution in [1.82, 2.24) is 35.8 Å². The summed E-state index contributed by atoms with van der Waals surface area (Å²) in [6.45, 7) is 3.51. The highest BCUT2D eigenvalue weighted by atomic mass is 19.1. The maximum atomic E-state index is 15.0. The average Bonchev–Trinajstić information content (AvgIpc) is 3.69. The van der Waals surface area contributed by atoms with Crippen LogP contribution in [0.25, 0.3) is 11.3 Å². The number of nitrogens with zero attached hydrogens (tertiary/aromatic N) is 5. The maximum absolute atomic E-state index is 15.0. The van der Waals surface area contributed by atoms with Crippen molar-refractivity contribution >= 4 is 11.8 Å². The first-order valence-electron chi connectivity index (χ1n) is 12.6. The number of amides is 2. The molecule has 0 radical (unpaired) electrons. The summed E-state index contributed by atoms with van der Waals surface area (Å²) in [6, 6.07) is 10.2. The molecule has 2 N–H and O–H groups in total. The van der Waals surface area contributed by atoms with Crippen LogP contribution < -0.4 is 5.32 Å². The molecule has 0 spiro atoms. The van der Waals surface area contributed by atoms with Gasteiger partial charge in [-0.2, -0.15) is 19.8 Å². The molecule has 1 aliphatic rings. The van der Waals surface area contributed by atoms with E-state index in [0.29, 0.717) is 28.1 Å². The van der Waals surface area contributed by atoms with E-state index in [2.05, 4.69) is 30.9 Å². The van der Waals surface area contributed by atoms with Crippen LogP contribution in [0.5, 0.6) is 0 Å². The van der Waals surface area contributed by atoms with Crippen molar-refractivity contribution in [2.45, 2.75) is 50.9 Å². The Morgan fingerprint density at radius 3 is 2.77 bits per heavy atom. The minimum Gasteiger partial charge on any atom is -0.356 e. The quantitative estimate of drug-likeness (QED) is 0.330. The van der Waals surface area contributed by atoms with Crippen LogP contribution in [0.4, 0.5) is 8.78 Å². The fourth-order valence-corrected chi connectivity index (χ4v) is 4.73. The van der Waals surface area contributed by atoms with Crippen LogP contribution in [-0.4, -0.2) is 61.0 Å². The predicted octanol–water partition coefficient (Wildman–Crippen LogP) is 3.50. The van der Waals surface area contributed by atoms with Crippen LogP contribution in [0.1, 0.15) is 54.7 Å². The van der Waals surface area contributed by atoms with Gasteiger partial charge in [0.1, 0.15) is 12.2 Å². The molecule has 4 heterocycles. The van der Waals surface area contributed by atoms with Crippen LogP contribution in [0.2, 0.25) is 0 Å². The van der Waals surface area contributed by atoms with Crippen LogP contribution in [-0.2, 0) is 16.0 Å². The highest BCUT2D eigenvalue weighted by Crippen LogP contribution is 2.29. The molecule has 0 bridgehead atoms. The van der Waals surface area contributed by atoms with E-state index in [1.165, 1.54) is 17.3 Å². The number of H-pyrrole nitrogens is 1. The molecule has 10 nitrogen and oxygen atoms in total. The molecule has 4 aromatic rings. The molecule has 39 heavy (non-hydrogen) atoms. The van der Waals surface area contributed by atoms with E-state index >= 15 is 0 Å². The standard InChI is InChI=1S/C27H27F2N7O3/c1-15(2)20-6-7-21(32-26(20)29)25(17-5-3-4-16(10-17)23-8-9-31-39-23)33-27(38)22-11-18(28)14-36(22)24(37)12-19-13-30-35-34-19/h3-10,13,15,18,22,25H,11-12,14H2,1-2H3,(H,33,38)(H,30,34,35)/t18-,22+,25?/m1/s1. The van der Waals surface area contributed by atoms with E-state index in [0.717, 1.165) is 0 Å². The third-order valence-corrected chi connectivity index (χ3v) is 6.72. The summed E-state index contributed by atoms with van der Waals surface area (Å²) in [4.78, 5) is 31.9. The van der Waals surface area contributed by atoms with Gasteiger partial charge in [0.25, 0.3) is 0 Å². The van der Waals surface area contributed by atoms with Gasteiger partial charge in [-0.1, -0.05) is 43.3 Å². The molecule has 1 saturated heterocycles. The molecule has 3 aromatic heterocycles. The molecule has 1 unspecified atom stereocenters. The van der Waals surface area contributed by atoms with Crippen LogP contribution in [0.15, 0.2) is 59.4 Å². The number of rotatable bonds is 8. The van der Waals surface area contributed by atoms with Crippen molar-refractivity contribution in [2.24, 2.45) is 0 Å². The molecule has 3 atom stereocenters. The molecule has 0 aliphatic carbocycles. The second-order valence-electron chi connectivity index (χ2n) is 9.75. The van der Waals surface area contributed by atoms with E-state index in [4.69, 9.17) is 4.52 Å². The number of aromatic amines is 1. The molecule has 1 aliphatic heterocycles. The zero-order chi connectivity index (χ0) is 27.5. The number of pyridine rings is 1. The smallest absolute Gasteiger partial charge is 0.243 e. The lowest BCUT2D eigenvalue weighted by molar-refractivity contribution is -0.138. The molecule has 1 aromatic carbocycles. The topological polar surface area (TPSA) is 130 Å². The van der Waals surface area contributed by atoms with Crippen LogP contribution >= 0.6 is 0 Å². The molecule has 0 saturated carbocycles. The van der Waals surface area contributed by atoms with Gasteiger partial charge in [0.05, 0.1) is 42.8 Å². The van der Waals surface area contributed by atoms with Gasteiger partial charge >= 0.3 is 0 Å². The number of nitrogens with one attached hydrogen (secondary N) is 2. The zero-order valence-electron chi connectivity index (χ0n) is 21.3. The lowest BCUT2D eigenvalue weighted by Gasteiger charge is -2.26. The molecular formula is C27H27F2N7O3. The number of likely N-dealkylation sites (tertiary alicyclic amines) is 1. The van der Waals surface area contributed by atoms with Crippen molar-refractivity contribution in [3.63, 3.8) is 0 Å². The SMILES string of the molecule is CC(C)c1ccc(C(NC(=O)[C@@H]2C[C@@H](F)CN2C(=O)Cc2cn[nH]n2)c2cccc(-c3ccno3)c2)nc1F. The Balaban J connectivity index is 1.46. The second-order valence-corrected chi connectivity index (χ2v) is 9.75. The normalized spacial score (nSPS) is 17.9. The summed E-state index contributed by atoms with van der Waals surface area (Å²) in [5, 5.41) is 16.6. The first-order chi connectivity index (χ1) is 18.8. The summed E-state index contributed by atoms with van der Waals surface area (Å²) >= 11 is 0. The zero-order valence-corrected chi connectivity index (χ0v) is 21.3. The first-order valence-corrected chi connectivity index (χ1v) is 12.6. The van der Waals surface area contributed by atoms with Gasteiger partial charge in [-0.05, 0) is 23.6 Å². The summed E-state index contributed by atoms with van der Waals surface area (Å²) in [5.74, 6) is -1.23. The minimum absolute atomic E-state index is 0.0846. The molecule has 2 amide bonds. The van der Waals surface area contributed by atoms with Crippen LogP contribution in [0.3, 0.4) is 0 Å². The van der Waals surface area contributed by atoms with Crippen molar-refractivity contribution in [3.8, 4) is 11.3 Å². The molecule has 202 valence electrons. The number of halogens is 2. The average molecular weight is 536 g/mol. The largest absolute Gasteiger partial charge is 0.356 e. The van der Waals surface area contributed by atoms with Gasteiger partial charge in [0.15, 0.2) is 5.76 Å². The first kappa shape index (κ1) is 26.1. The fourth-order valence-electron chi connectivity index (χ4n) is 4.73. The Morgan fingerprint density at radius 1 is 1.23 bits per heavy atom. The number of alkyl halides is 1. The third kappa shape index (κ3) is 5.69. The van der Waals surface area contributed by atoms with Crippen LogP contribution in [0, 0.1) is 5.95 Å². The van der Waals surface area contributed by atoms with E-state index < -0.39 is 36.0 Å². The van der Waals surface area contributed by atoms with Gasteiger partial charge in [-0.3, -0.25) is 9.59 Å². The Labute approximate surface area is 222 Å². The number of benzene rings is 1. The Morgan fingerprint density at radius 2 is 2.08 bits per heavy atom. The predicted molar refractivity (Wildman–Crippen MR) is 135 cm³/mol. The van der Waals surface area contributed by atoms with Gasteiger partial charge in [-0.15, -0.1) is 0 Å². The number of aromatic nitrogens is 5. The van der Waals surface area contributed by atoms with Gasteiger partial charge in [-0.25, -0.2) is 9.37 Å². The van der Waals surface area contributed by atoms with E-state index in [-0.39, 0.29) is 31.0 Å². The Hall–Kier alpha value is -4.48. The monoisotopic (exact) mass is 535 g/mol. The number of carbonyl (C=O) groups excluding carboxylic acids is 2.